The maximum atomic E-state index is 14.2. The van der Waals surface area contributed by atoms with E-state index in [2.05, 4.69) is 4.85 Å². The molecule has 0 radical (unpaired) electrons. The highest BCUT2D eigenvalue weighted by molar-refractivity contribution is 7.90. The van der Waals surface area contributed by atoms with Crippen LogP contribution in [0.5, 0.6) is 5.75 Å². The molecule has 0 atom stereocenters. The average molecular weight is 398 g/mol. The summed E-state index contributed by atoms with van der Waals surface area (Å²) in [5.41, 5.74) is -0.0911. The number of furan rings is 1. The maximum absolute atomic E-state index is 14.2. The predicted octanol–water partition coefficient (Wildman–Crippen LogP) is 4.59. The Morgan fingerprint density at radius 2 is 1.96 bits per heavy atom. The molecule has 0 unspecified atom stereocenters. The van der Waals surface area contributed by atoms with Gasteiger partial charge in [-0.3, -0.25) is 4.85 Å². The highest BCUT2D eigenvalue weighted by Crippen LogP contribution is 2.31. The minimum atomic E-state index is -4.01. The second-order valence-corrected chi connectivity index (χ2v) is 7.70. The first kappa shape index (κ1) is 18.2. The van der Waals surface area contributed by atoms with Crippen molar-refractivity contribution in [1.82, 2.24) is 0 Å². The summed E-state index contributed by atoms with van der Waals surface area (Å²) in [5, 5.41) is 0.672. The molecule has 2 aromatic carbocycles. The van der Waals surface area contributed by atoms with Gasteiger partial charge in [0.1, 0.15) is 22.6 Å². The molecule has 3 rings (SSSR count). The van der Waals surface area contributed by atoms with Crippen LogP contribution in [0.3, 0.4) is 0 Å². The van der Waals surface area contributed by atoms with E-state index in [9.17, 15) is 17.2 Å². The van der Waals surface area contributed by atoms with Gasteiger partial charge in [-0.15, -0.1) is 0 Å². The lowest BCUT2D eigenvalue weighted by Crippen LogP contribution is -2.07. The number of sulfone groups is 1. The van der Waals surface area contributed by atoms with E-state index in [4.69, 9.17) is 27.3 Å². The molecule has 26 heavy (non-hydrogen) atoms. The number of hydrogen-bond acceptors (Lipinski definition) is 4. The van der Waals surface area contributed by atoms with E-state index in [0.29, 0.717) is 10.4 Å². The van der Waals surface area contributed by atoms with Crippen LogP contribution < -0.4 is 4.74 Å². The summed E-state index contributed by atoms with van der Waals surface area (Å²) >= 11 is 5.83. The summed E-state index contributed by atoms with van der Waals surface area (Å²) < 4.78 is 63.3. The third-order valence-electron chi connectivity index (χ3n) is 3.57. The zero-order valence-corrected chi connectivity index (χ0v) is 14.6. The van der Waals surface area contributed by atoms with E-state index in [1.54, 1.807) is 0 Å². The second-order valence-electron chi connectivity index (χ2n) is 5.31. The lowest BCUT2D eigenvalue weighted by atomic mass is 10.2. The van der Waals surface area contributed by atoms with Gasteiger partial charge in [0.05, 0.1) is 5.75 Å². The predicted molar refractivity (Wildman–Crippen MR) is 90.6 cm³/mol. The Labute approximate surface area is 152 Å². The number of fused-ring (bicyclic) bond motifs is 1. The molecule has 1 heterocycles. The number of benzene rings is 2. The van der Waals surface area contributed by atoms with Gasteiger partial charge in [0, 0.05) is 28.1 Å². The van der Waals surface area contributed by atoms with Crippen molar-refractivity contribution in [3.05, 3.63) is 70.2 Å². The van der Waals surface area contributed by atoms with Gasteiger partial charge in [0.15, 0.2) is 21.4 Å². The first-order valence-corrected chi connectivity index (χ1v) is 9.18. The molecular weight excluding hydrogens is 388 g/mol. The second kappa shape index (κ2) is 6.94. The van der Waals surface area contributed by atoms with Crippen molar-refractivity contribution in [2.45, 2.75) is 10.6 Å². The molecule has 1 aromatic heterocycles. The minimum Gasteiger partial charge on any atom is -0.463 e. The molecule has 0 aliphatic rings. The van der Waals surface area contributed by atoms with Crippen molar-refractivity contribution < 1.29 is 26.4 Å². The summed E-state index contributed by atoms with van der Waals surface area (Å²) in [6.45, 7) is 6.11. The lowest BCUT2D eigenvalue weighted by molar-refractivity contribution is 0.337. The molecule has 0 aliphatic heterocycles. The lowest BCUT2D eigenvalue weighted by Gasteiger charge is -2.07. The SMILES string of the molecule is [C-]#[N+]COc1cc(F)c(CS(=O)(=O)c2coc3cc(Cl)ccc23)cc1F. The van der Waals surface area contributed by atoms with E-state index in [1.165, 1.54) is 18.2 Å². The molecule has 0 spiro atoms. The Balaban J connectivity index is 1.97. The molecule has 0 saturated carbocycles. The van der Waals surface area contributed by atoms with Gasteiger partial charge in [-0.1, -0.05) is 11.6 Å². The molecule has 0 saturated heterocycles. The van der Waals surface area contributed by atoms with Gasteiger partial charge in [-0.2, -0.15) is 0 Å². The first-order valence-electron chi connectivity index (χ1n) is 7.15. The highest BCUT2D eigenvalue weighted by Gasteiger charge is 2.24. The third kappa shape index (κ3) is 3.49. The molecule has 0 fully saturated rings. The van der Waals surface area contributed by atoms with Crippen LogP contribution in [0.1, 0.15) is 5.56 Å². The number of nitrogens with zero attached hydrogens (tertiary/aromatic N) is 1. The molecule has 0 bridgehead atoms. The van der Waals surface area contributed by atoms with Crippen molar-refractivity contribution in [2.24, 2.45) is 0 Å². The fourth-order valence-electron chi connectivity index (χ4n) is 2.39. The number of hydrogen-bond donors (Lipinski definition) is 0. The van der Waals surface area contributed by atoms with Gasteiger partial charge in [-0.25, -0.2) is 23.8 Å². The molecular formula is C17H10ClF2NO4S. The van der Waals surface area contributed by atoms with Crippen LogP contribution in [0.2, 0.25) is 5.02 Å². The van der Waals surface area contributed by atoms with Crippen molar-refractivity contribution in [1.29, 1.82) is 0 Å². The number of rotatable bonds is 5. The third-order valence-corrected chi connectivity index (χ3v) is 5.48. The zero-order valence-electron chi connectivity index (χ0n) is 13.0. The van der Waals surface area contributed by atoms with Crippen molar-refractivity contribution in [3.8, 4) is 5.75 Å². The quantitative estimate of drug-likeness (QED) is 0.590. The number of ether oxygens (including phenoxy) is 1. The summed E-state index contributed by atoms with van der Waals surface area (Å²) in [6, 6.07) is 5.90. The van der Waals surface area contributed by atoms with Gasteiger partial charge >= 0.3 is 6.73 Å². The molecule has 5 nitrogen and oxygen atoms in total. The Hall–Kier alpha value is -2.63. The topological polar surface area (TPSA) is 60.9 Å². The molecule has 134 valence electrons. The fraction of sp³-hybridized carbons (Fsp3) is 0.118. The van der Waals surface area contributed by atoms with E-state index in [1.807, 2.05) is 0 Å². The highest BCUT2D eigenvalue weighted by atomic mass is 35.5. The summed E-state index contributed by atoms with van der Waals surface area (Å²) in [4.78, 5) is 2.73. The van der Waals surface area contributed by atoms with E-state index in [0.717, 1.165) is 18.4 Å². The maximum Gasteiger partial charge on any atom is 0.357 e. The van der Waals surface area contributed by atoms with Crippen LogP contribution in [0, 0.1) is 18.2 Å². The van der Waals surface area contributed by atoms with Crippen molar-refractivity contribution >= 4 is 32.4 Å². The van der Waals surface area contributed by atoms with Crippen molar-refractivity contribution in [2.75, 3.05) is 6.73 Å². The molecule has 0 amide bonds. The van der Waals surface area contributed by atoms with Crippen LogP contribution in [0.4, 0.5) is 8.78 Å². The van der Waals surface area contributed by atoms with Crippen molar-refractivity contribution in [3.63, 3.8) is 0 Å². The molecule has 0 aliphatic carbocycles. The van der Waals surface area contributed by atoms with E-state index < -0.39 is 39.7 Å². The standard InChI is InChI=1S/C17H10ClF2NO4S/c1-21-9-25-16-6-13(19)10(4-14(16)20)8-26(22,23)17-7-24-15-5-11(18)2-3-12(15)17/h2-7H,8-9H2. The molecule has 3 aromatic rings. The largest absolute Gasteiger partial charge is 0.463 e. The Morgan fingerprint density at radius 1 is 1.19 bits per heavy atom. The smallest absolute Gasteiger partial charge is 0.357 e. The summed E-state index contributed by atoms with van der Waals surface area (Å²) in [6.07, 6.45) is 1.04. The summed E-state index contributed by atoms with van der Waals surface area (Å²) in [5.74, 6) is -3.13. The Bertz CT molecular complexity index is 1140. The average Bonchev–Trinajstić information content (AvgIpc) is 3.00. The van der Waals surface area contributed by atoms with E-state index in [-0.39, 0.29) is 16.0 Å². The van der Waals surface area contributed by atoms with Gasteiger partial charge in [0.25, 0.3) is 0 Å². The van der Waals surface area contributed by atoms with Crippen LogP contribution in [-0.2, 0) is 15.6 Å². The Morgan fingerprint density at radius 3 is 2.69 bits per heavy atom. The van der Waals surface area contributed by atoms with Gasteiger partial charge < -0.3 is 9.15 Å². The Kier molecular flexibility index (Phi) is 4.85. The molecule has 9 heteroatoms. The zero-order chi connectivity index (χ0) is 18.9. The monoisotopic (exact) mass is 397 g/mol. The van der Waals surface area contributed by atoms with Crippen LogP contribution in [-0.4, -0.2) is 15.1 Å². The van der Waals surface area contributed by atoms with Gasteiger partial charge in [0.2, 0.25) is 0 Å². The van der Waals surface area contributed by atoms with Crippen LogP contribution >= 0.6 is 11.6 Å². The van der Waals surface area contributed by atoms with E-state index >= 15 is 0 Å². The van der Waals surface area contributed by atoms with Gasteiger partial charge in [-0.05, 0) is 18.2 Å². The fourth-order valence-corrected chi connectivity index (χ4v) is 4.04. The first-order chi connectivity index (χ1) is 12.3. The van der Waals surface area contributed by atoms with Crippen LogP contribution in [0.15, 0.2) is 45.9 Å². The summed E-state index contributed by atoms with van der Waals surface area (Å²) in [7, 11) is -4.01. The molecule has 0 N–H and O–H groups in total. The minimum absolute atomic E-state index is 0.141. The number of halogens is 3. The normalized spacial score (nSPS) is 11.5. The van der Waals surface area contributed by atoms with Crippen LogP contribution in [0.25, 0.3) is 15.8 Å².